The molecule has 0 saturated heterocycles. The second-order valence-corrected chi connectivity index (χ2v) is 5.28. The second kappa shape index (κ2) is 8.09. The number of unbranched alkanes of at least 4 members (excludes halogenated alkanes) is 1. The van der Waals surface area contributed by atoms with Gasteiger partial charge in [0, 0.05) is 19.3 Å². The molecule has 0 saturated carbocycles. The third kappa shape index (κ3) is 4.09. The summed E-state index contributed by atoms with van der Waals surface area (Å²) in [5.41, 5.74) is 0.548. The highest BCUT2D eigenvalue weighted by Crippen LogP contribution is 2.33. The standard InChI is InChI=1S/C16H21N5O3/c1-4-5-10-20(2)16-14(21(22)23)15(17-11-18-16)19-12-6-8-13(24-3)9-7-12/h6-9,11H,4-5,10H2,1-3H3,(H,17,18,19). The van der Waals surface area contributed by atoms with Gasteiger partial charge in [0.05, 0.1) is 12.0 Å². The van der Waals surface area contributed by atoms with Crippen molar-refractivity contribution in [3.63, 3.8) is 0 Å². The van der Waals surface area contributed by atoms with Crippen molar-refractivity contribution in [1.29, 1.82) is 0 Å². The summed E-state index contributed by atoms with van der Waals surface area (Å²) >= 11 is 0. The highest BCUT2D eigenvalue weighted by molar-refractivity contribution is 5.74. The SMILES string of the molecule is CCCCN(C)c1ncnc(Nc2ccc(OC)cc2)c1[N+](=O)[O-]. The molecule has 1 aromatic carbocycles. The van der Waals surface area contributed by atoms with E-state index < -0.39 is 4.92 Å². The van der Waals surface area contributed by atoms with Crippen LogP contribution in [-0.4, -0.2) is 35.6 Å². The van der Waals surface area contributed by atoms with E-state index in [2.05, 4.69) is 22.2 Å². The molecule has 1 heterocycles. The first-order valence-electron chi connectivity index (χ1n) is 7.68. The molecule has 2 rings (SSSR count). The van der Waals surface area contributed by atoms with Crippen LogP contribution in [0.15, 0.2) is 30.6 Å². The largest absolute Gasteiger partial charge is 0.497 e. The molecule has 2 aromatic rings. The average Bonchev–Trinajstić information content (AvgIpc) is 2.59. The molecular formula is C16H21N5O3. The van der Waals surface area contributed by atoms with Crippen LogP contribution in [0.2, 0.25) is 0 Å². The van der Waals surface area contributed by atoms with Crippen LogP contribution < -0.4 is 15.0 Å². The van der Waals surface area contributed by atoms with Crippen LogP contribution in [0.5, 0.6) is 5.75 Å². The number of hydrogen-bond donors (Lipinski definition) is 1. The normalized spacial score (nSPS) is 10.3. The molecule has 0 aliphatic carbocycles. The predicted molar refractivity (Wildman–Crippen MR) is 93.1 cm³/mol. The lowest BCUT2D eigenvalue weighted by molar-refractivity contribution is -0.383. The molecule has 24 heavy (non-hydrogen) atoms. The van der Waals surface area contributed by atoms with Crippen LogP contribution in [0.25, 0.3) is 0 Å². The first-order valence-corrected chi connectivity index (χ1v) is 7.68. The number of rotatable bonds is 8. The van der Waals surface area contributed by atoms with Crippen molar-refractivity contribution in [3.8, 4) is 5.75 Å². The fourth-order valence-electron chi connectivity index (χ4n) is 2.22. The number of nitro groups is 1. The predicted octanol–water partition coefficient (Wildman–Crippen LogP) is 3.37. The Balaban J connectivity index is 2.33. The van der Waals surface area contributed by atoms with Crippen LogP contribution in [0.4, 0.5) is 23.0 Å². The van der Waals surface area contributed by atoms with Gasteiger partial charge in [0.2, 0.25) is 11.6 Å². The van der Waals surface area contributed by atoms with E-state index in [-0.39, 0.29) is 11.5 Å². The quantitative estimate of drug-likeness (QED) is 0.585. The molecule has 0 radical (unpaired) electrons. The van der Waals surface area contributed by atoms with E-state index in [0.29, 0.717) is 23.8 Å². The number of methoxy groups -OCH3 is 1. The minimum atomic E-state index is -0.455. The lowest BCUT2D eigenvalue weighted by atomic mass is 10.3. The first-order chi connectivity index (χ1) is 11.6. The van der Waals surface area contributed by atoms with Crippen LogP contribution in [0.1, 0.15) is 19.8 Å². The van der Waals surface area contributed by atoms with Gasteiger partial charge in [-0.05, 0) is 30.7 Å². The zero-order valence-corrected chi connectivity index (χ0v) is 14.0. The first kappa shape index (κ1) is 17.5. The van der Waals surface area contributed by atoms with Crippen LogP contribution in [0.3, 0.4) is 0 Å². The molecular weight excluding hydrogens is 310 g/mol. The molecule has 0 aliphatic rings. The van der Waals surface area contributed by atoms with Gasteiger partial charge in [-0.25, -0.2) is 9.97 Å². The number of benzene rings is 1. The molecule has 0 bridgehead atoms. The van der Waals surface area contributed by atoms with Gasteiger partial charge in [0.25, 0.3) is 0 Å². The van der Waals surface area contributed by atoms with Gasteiger partial charge in [-0.2, -0.15) is 0 Å². The van der Waals surface area contributed by atoms with Gasteiger partial charge in [-0.3, -0.25) is 10.1 Å². The maximum atomic E-state index is 11.6. The molecule has 0 aliphatic heterocycles. The lowest BCUT2D eigenvalue weighted by Crippen LogP contribution is -2.21. The van der Waals surface area contributed by atoms with E-state index >= 15 is 0 Å². The Morgan fingerprint density at radius 1 is 1.29 bits per heavy atom. The second-order valence-electron chi connectivity index (χ2n) is 5.28. The summed E-state index contributed by atoms with van der Waals surface area (Å²) in [4.78, 5) is 21.0. The molecule has 8 heteroatoms. The zero-order chi connectivity index (χ0) is 17.5. The van der Waals surface area contributed by atoms with E-state index in [4.69, 9.17) is 4.74 Å². The number of anilines is 3. The van der Waals surface area contributed by atoms with Gasteiger partial charge >= 0.3 is 5.69 Å². The van der Waals surface area contributed by atoms with E-state index in [9.17, 15) is 10.1 Å². The van der Waals surface area contributed by atoms with Crippen molar-refractivity contribution < 1.29 is 9.66 Å². The van der Waals surface area contributed by atoms with Gasteiger partial charge in [-0.1, -0.05) is 13.3 Å². The highest BCUT2D eigenvalue weighted by atomic mass is 16.6. The molecule has 0 atom stereocenters. The summed E-state index contributed by atoms with van der Waals surface area (Å²) in [5.74, 6) is 1.18. The van der Waals surface area contributed by atoms with Crippen LogP contribution >= 0.6 is 0 Å². The maximum absolute atomic E-state index is 11.6. The number of ether oxygens (including phenoxy) is 1. The molecule has 0 spiro atoms. The fourth-order valence-corrected chi connectivity index (χ4v) is 2.22. The third-order valence-corrected chi connectivity index (χ3v) is 3.55. The van der Waals surface area contributed by atoms with Crippen molar-refractivity contribution in [2.24, 2.45) is 0 Å². The van der Waals surface area contributed by atoms with Gasteiger partial charge in [0.1, 0.15) is 12.1 Å². The Morgan fingerprint density at radius 2 is 2.00 bits per heavy atom. The van der Waals surface area contributed by atoms with E-state index in [1.165, 1.54) is 6.33 Å². The molecule has 1 N–H and O–H groups in total. The Labute approximate surface area is 140 Å². The monoisotopic (exact) mass is 331 g/mol. The summed E-state index contributed by atoms with van der Waals surface area (Å²) in [6.45, 7) is 2.76. The Kier molecular flexibility index (Phi) is 5.89. The summed E-state index contributed by atoms with van der Waals surface area (Å²) in [7, 11) is 3.37. The fraction of sp³-hybridized carbons (Fsp3) is 0.375. The van der Waals surface area contributed by atoms with Gasteiger partial charge in [-0.15, -0.1) is 0 Å². The Hall–Kier alpha value is -2.90. The molecule has 0 unspecified atom stereocenters. The number of nitrogens with zero attached hydrogens (tertiary/aromatic N) is 4. The number of aromatic nitrogens is 2. The average molecular weight is 331 g/mol. The molecule has 128 valence electrons. The lowest BCUT2D eigenvalue weighted by Gasteiger charge is -2.18. The van der Waals surface area contributed by atoms with Crippen molar-refractivity contribution in [2.75, 3.05) is 30.9 Å². The molecule has 8 nitrogen and oxygen atoms in total. The number of nitrogens with one attached hydrogen (secondary N) is 1. The maximum Gasteiger partial charge on any atom is 0.353 e. The van der Waals surface area contributed by atoms with Crippen molar-refractivity contribution in [2.45, 2.75) is 19.8 Å². The third-order valence-electron chi connectivity index (χ3n) is 3.55. The van der Waals surface area contributed by atoms with Gasteiger partial charge < -0.3 is 15.0 Å². The van der Waals surface area contributed by atoms with E-state index in [1.54, 1.807) is 43.3 Å². The van der Waals surface area contributed by atoms with Crippen molar-refractivity contribution in [1.82, 2.24) is 9.97 Å². The minimum absolute atomic E-state index is 0.132. The zero-order valence-electron chi connectivity index (χ0n) is 14.0. The van der Waals surface area contributed by atoms with Crippen LogP contribution in [-0.2, 0) is 0 Å². The Bertz CT molecular complexity index is 691. The molecule has 0 amide bonds. The van der Waals surface area contributed by atoms with Crippen LogP contribution in [0, 0.1) is 10.1 Å². The van der Waals surface area contributed by atoms with Crippen molar-refractivity contribution in [3.05, 3.63) is 40.7 Å². The summed E-state index contributed by atoms with van der Waals surface area (Å²) in [6, 6.07) is 7.07. The van der Waals surface area contributed by atoms with Gasteiger partial charge in [0.15, 0.2) is 0 Å². The van der Waals surface area contributed by atoms with Crippen molar-refractivity contribution >= 4 is 23.0 Å². The number of hydrogen-bond acceptors (Lipinski definition) is 7. The molecule has 1 aromatic heterocycles. The summed E-state index contributed by atoms with van der Waals surface area (Å²) in [5, 5.41) is 14.5. The molecule has 0 fully saturated rings. The summed E-state index contributed by atoms with van der Waals surface area (Å²) in [6.07, 6.45) is 3.26. The van der Waals surface area contributed by atoms with E-state index in [0.717, 1.165) is 12.8 Å². The highest BCUT2D eigenvalue weighted by Gasteiger charge is 2.25. The Morgan fingerprint density at radius 3 is 2.58 bits per heavy atom. The smallest absolute Gasteiger partial charge is 0.353 e. The topological polar surface area (TPSA) is 93.4 Å². The van der Waals surface area contributed by atoms with E-state index in [1.807, 2.05) is 0 Å². The minimum Gasteiger partial charge on any atom is -0.497 e. The summed E-state index contributed by atoms with van der Waals surface area (Å²) < 4.78 is 5.10.